The number of carboxylic acids is 1. The molecule has 1 aromatic heterocycles. The third-order valence-electron chi connectivity index (χ3n) is 1.77. The van der Waals surface area contributed by atoms with Gasteiger partial charge >= 0.3 is 5.97 Å². The fourth-order valence-corrected chi connectivity index (χ4v) is 1.36. The summed E-state index contributed by atoms with van der Waals surface area (Å²) in [6.07, 6.45) is 2.10. The van der Waals surface area contributed by atoms with Gasteiger partial charge in [-0.25, -0.2) is 4.79 Å². The molecule has 0 spiro atoms. The Hall–Kier alpha value is -1.09. The average molecular weight is 214 g/mol. The summed E-state index contributed by atoms with van der Waals surface area (Å²) in [4.78, 5) is 14.6. The number of carbonyl (C=O) groups is 1. The molecule has 0 atom stereocenters. The molecule has 1 aromatic rings. The van der Waals surface area contributed by atoms with E-state index in [1.807, 2.05) is 0 Å². The molecule has 14 heavy (non-hydrogen) atoms. The summed E-state index contributed by atoms with van der Waals surface area (Å²) >= 11 is 5.89. The Balaban J connectivity index is 2.95. The van der Waals surface area contributed by atoms with E-state index in [4.69, 9.17) is 16.7 Å². The van der Waals surface area contributed by atoms with Crippen LogP contribution >= 0.6 is 11.6 Å². The summed E-state index contributed by atoms with van der Waals surface area (Å²) < 4.78 is 0. The topological polar surface area (TPSA) is 50.2 Å². The van der Waals surface area contributed by atoms with E-state index in [1.165, 1.54) is 12.3 Å². The highest BCUT2D eigenvalue weighted by Gasteiger charge is 2.09. The molecule has 1 N–H and O–H groups in total. The van der Waals surface area contributed by atoms with Crippen molar-refractivity contribution in [2.75, 3.05) is 0 Å². The third-order valence-corrected chi connectivity index (χ3v) is 2.09. The molecule has 0 bridgehead atoms. The first-order valence-corrected chi connectivity index (χ1v) is 4.76. The quantitative estimate of drug-likeness (QED) is 0.840. The fourth-order valence-electron chi connectivity index (χ4n) is 1.12. The second kappa shape index (κ2) is 4.42. The fraction of sp³-hybridized carbons (Fsp3) is 0.400. The number of carboxylic acid groups (broad SMARTS) is 1. The molecule has 3 nitrogen and oxygen atoms in total. The first-order valence-electron chi connectivity index (χ1n) is 4.38. The Morgan fingerprint density at radius 1 is 1.64 bits per heavy atom. The van der Waals surface area contributed by atoms with E-state index >= 15 is 0 Å². The summed E-state index contributed by atoms with van der Waals surface area (Å²) in [6.45, 7) is 4.12. The lowest BCUT2D eigenvalue weighted by Gasteiger charge is -2.06. The van der Waals surface area contributed by atoms with Gasteiger partial charge in [-0.05, 0) is 18.4 Å². The standard InChI is InChI=1S/C10H12ClNO2/c1-6(2)3-9-8(11)4-7(5-12-9)10(13)14/h4-6H,3H2,1-2H3,(H,13,14). The number of nitrogens with zero attached hydrogens (tertiary/aromatic N) is 1. The molecule has 76 valence electrons. The third kappa shape index (κ3) is 2.70. The van der Waals surface area contributed by atoms with Crippen molar-refractivity contribution >= 4 is 17.6 Å². The molecule has 1 heterocycles. The molecule has 0 aromatic carbocycles. The molecule has 0 amide bonds. The minimum absolute atomic E-state index is 0.127. The number of halogens is 1. The Bertz CT molecular complexity index is 350. The summed E-state index contributed by atoms with van der Waals surface area (Å²) in [6, 6.07) is 1.44. The van der Waals surface area contributed by atoms with Crippen LogP contribution in [0.1, 0.15) is 29.9 Å². The zero-order valence-corrected chi connectivity index (χ0v) is 8.88. The molecule has 0 aliphatic rings. The number of aromatic nitrogens is 1. The van der Waals surface area contributed by atoms with Crippen LogP contribution in [0.25, 0.3) is 0 Å². The number of aromatic carboxylic acids is 1. The van der Waals surface area contributed by atoms with Crippen molar-refractivity contribution in [3.63, 3.8) is 0 Å². The molecule has 0 aliphatic heterocycles. The van der Waals surface area contributed by atoms with Crippen LogP contribution in [-0.4, -0.2) is 16.1 Å². The van der Waals surface area contributed by atoms with E-state index < -0.39 is 5.97 Å². The SMILES string of the molecule is CC(C)Cc1ncc(C(=O)O)cc1Cl. The van der Waals surface area contributed by atoms with E-state index in [1.54, 1.807) is 0 Å². The van der Waals surface area contributed by atoms with Gasteiger partial charge in [0.05, 0.1) is 16.3 Å². The molecule has 0 saturated carbocycles. The summed E-state index contributed by atoms with van der Waals surface area (Å²) in [5.41, 5.74) is 0.883. The lowest BCUT2D eigenvalue weighted by Crippen LogP contribution is -2.02. The van der Waals surface area contributed by atoms with Crippen molar-refractivity contribution in [2.24, 2.45) is 5.92 Å². The molecule has 0 unspecified atom stereocenters. The lowest BCUT2D eigenvalue weighted by atomic mass is 10.1. The largest absolute Gasteiger partial charge is 0.478 e. The number of pyridine rings is 1. The predicted octanol–water partition coefficient (Wildman–Crippen LogP) is 2.63. The Kier molecular flexibility index (Phi) is 3.47. The van der Waals surface area contributed by atoms with Crippen LogP contribution in [0.15, 0.2) is 12.3 Å². The molecule has 4 heteroatoms. The van der Waals surface area contributed by atoms with Crippen molar-refractivity contribution in [1.29, 1.82) is 0 Å². The molecule has 0 saturated heterocycles. The first kappa shape index (κ1) is 11.0. The van der Waals surface area contributed by atoms with Crippen molar-refractivity contribution in [3.8, 4) is 0 Å². The minimum Gasteiger partial charge on any atom is -0.478 e. The minimum atomic E-state index is -1.00. The number of rotatable bonds is 3. The normalized spacial score (nSPS) is 10.6. The van der Waals surface area contributed by atoms with E-state index in [2.05, 4.69) is 18.8 Å². The number of hydrogen-bond donors (Lipinski definition) is 1. The first-order chi connectivity index (χ1) is 6.50. The molecule has 1 rings (SSSR count). The van der Waals surface area contributed by atoms with Gasteiger partial charge in [-0.2, -0.15) is 0 Å². The Labute approximate surface area is 87.7 Å². The van der Waals surface area contributed by atoms with Gasteiger partial charge in [-0.1, -0.05) is 25.4 Å². The van der Waals surface area contributed by atoms with Crippen LogP contribution in [0, 0.1) is 5.92 Å². The van der Waals surface area contributed by atoms with Gasteiger partial charge in [-0.15, -0.1) is 0 Å². The number of hydrogen-bond acceptors (Lipinski definition) is 2. The average Bonchev–Trinajstić information content (AvgIpc) is 2.07. The molecule has 0 radical (unpaired) electrons. The van der Waals surface area contributed by atoms with E-state index in [9.17, 15) is 4.79 Å². The van der Waals surface area contributed by atoms with Crippen LogP contribution < -0.4 is 0 Å². The van der Waals surface area contributed by atoms with Gasteiger partial charge in [0.1, 0.15) is 0 Å². The highest BCUT2D eigenvalue weighted by molar-refractivity contribution is 6.31. The van der Waals surface area contributed by atoms with Crippen LogP contribution in [0.4, 0.5) is 0 Å². The summed E-state index contributed by atoms with van der Waals surface area (Å²) in [5.74, 6) is -0.550. The maximum Gasteiger partial charge on any atom is 0.337 e. The van der Waals surface area contributed by atoms with Crippen LogP contribution in [0.5, 0.6) is 0 Å². The van der Waals surface area contributed by atoms with E-state index in [-0.39, 0.29) is 5.56 Å². The van der Waals surface area contributed by atoms with Crippen molar-refractivity contribution in [3.05, 3.63) is 28.5 Å². The Morgan fingerprint density at radius 2 is 2.29 bits per heavy atom. The Morgan fingerprint density at radius 3 is 2.71 bits per heavy atom. The zero-order chi connectivity index (χ0) is 10.7. The second-order valence-corrected chi connectivity index (χ2v) is 3.96. The van der Waals surface area contributed by atoms with Crippen molar-refractivity contribution in [2.45, 2.75) is 20.3 Å². The molecule has 0 aliphatic carbocycles. The van der Waals surface area contributed by atoms with Gasteiger partial charge < -0.3 is 5.11 Å². The van der Waals surface area contributed by atoms with E-state index in [0.29, 0.717) is 10.9 Å². The van der Waals surface area contributed by atoms with Crippen LogP contribution in [0.3, 0.4) is 0 Å². The maximum absolute atomic E-state index is 10.6. The maximum atomic E-state index is 10.6. The molecular formula is C10H12ClNO2. The molecular weight excluding hydrogens is 202 g/mol. The monoisotopic (exact) mass is 213 g/mol. The highest BCUT2D eigenvalue weighted by atomic mass is 35.5. The van der Waals surface area contributed by atoms with Crippen LogP contribution in [-0.2, 0) is 6.42 Å². The second-order valence-electron chi connectivity index (χ2n) is 3.56. The zero-order valence-electron chi connectivity index (χ0n) is 8.12. The smallest absolute Gasteiger partial charge is 0.337 e. The molecule has 0 fully saturated rings. The summed E-state index contributed by atoms with van der Waals surface area (Å²) in [7, 11) is 0. The predicted molar refractivity (Wildman–Crippen MR) is 54.7 cm³/mol. The van der Waals surface area contributed by atoms with Gasteiger partial charge in [0, 0.05) is 6.20 Å². The van der Waals surface area contributed by atoms with Gasteiger partial charge in [-0.3, -0.25) is 4.98 Å². The van der Waals surface area contributed by atoms with Crippen molar-refractivity contribution in [1.82, 2.24) is 4.98 Å². The summed E-state index contributed by atoms with van der Waals surface area (Å²) in [5, 5.41) is 9.11. The van der Waals surface area contributed by atoms with Gasteiger partial charge in [0.2, 0.25) is 0 Å². The van der Waals surface area contributed by atoms with E-state index in [0.717, 1.165) is 12.1 Å². The van der Waals surface area contributed by atoms with Gasteiger partial charge in [0.15, 0.2) is 0 Å². The highest BCUT2D eigenvalue weighted by Crippen LogP contribution is 2.18. The van der Waals surface area contributed by atoms with Crippen LogP contribution in [0.2, 0.25) is 5.02 Å². The van der Waals surface area contributed by atoms with Gasteiger partial charge in [0.25, 0.3) is 0 Å². The van der Waals surface area contributed by atoms with Crippen molar-refractivity contribution < 1.29 is 9.90 Å². The lowest BCUT2D eigenvalue weighted by molar-refractivity contribution is 0.0696.